The summed E-state index contributed by atoms with van der Waals surface area (Å²) in [4.78, 5) is 13.1. The predicted octanol–water partition coefficient (Wildman–Crippen LogP) is 4.89. The Labute approximate surface area is 154 Å². The zero-order chi connectivity index (χ0) is 17.8. The number of rotatable bonds is 4. The fourth-order valence-electron chi connectivity index (χ4n) is 3.92. The molecule has 130 valence electrons. The molecule has 0 aromatic heterocycles. The lowest BCUT2D eigenvalue weighted by molar-refractivity contribution is -0.126. The number of benzene rings is 3. The summed E-state index contributed by atoms with van der Waals surface area (Å²) in [6.45, 7) is 0. The molecule has 4 rings (SSSR count). The summed E-state index contributed by atoms with van der Waals surface area (Å²) in [5.41, 5.74) is 3.58. The van der Waals surface area contributed by atoms with Crippen molar-refractivity contribution in [2.45, 2.75) is 24.9 Å². The van der Waals surface area contributed by atoms with Crippen molar-refractivity contribution in [3.8, 4) is 0 Å². The van der Waals surface area contributed by atoms with Crippen LogP contribution in [-0.4, -0.2) is 5.78 Å². The molecule has 0 amide bonds. The number of nitrogens with one attached hydrogen (secondary N) is 1. The van der Waals surface area contributed by atoms with Crippen LogP contribution in [0.2, 0.25) is 0 Å². The van der Waals surface area contributed by atoms with Crippen LogP contribution in [0.15, 0.2) is 91.0 Å². The van der Waals surface area contributed by atoms with Gasteiger partial charge >= 0.3 is 0 Å². The number of ketones is 1. The molecular formula is C24H23NO. The highest BCUT2D eigenvalue weighted by Crippen LogP contribution is 2.36. The van der Waals surface area contributed by atoms with E-state index in [9.17, 15) is 4.79 Å². The van der Waals surface area contributed by atoms with E-state index >= 15 is 0 Å². The zero-order valence-electron chi connectivity index (χ0n) is 14.7. The lowest BCUT2D eigenvalue weighted by Crippen LogP contribution is -2.43. The van der Waals surface area contributed by atoms with E-state index in [4.69, 9.17) is 0 Å². The molecule has 26 heavy (non-hydrogen) atoms. The Morgan fingerprint density at radius 2 is 1.27 bits per heavy atom. The van der Waals surface area contributed by atoms with E-state index in [1.54, 1.807) is 0 Å². The monoisotopic (exact) mass is 341 g/mol. The molecule has 0 bridgehead atoms. The number of piperidine rings is 1. The minimum Gasteiger partial charge on any atom is -0.302 e. The lowest BCUT2D eigenvalue weighted by Gasteiger charge is -2.37. The third-order valence-electron chi connectivity index (χ3n) is 5.26. The Bertz CT molecular complexity index is 845. The molecule has 1 heterocycles. The van der Waals surface area contributed by atoms with Crippen LogP contribution < -0.4 is 5.32 Å². The van der Waals surface area contributed by atoms with Crippen molar-refractivity contribution in [3.05, 3.63) is 108 Å². The number of hydrogen-bond acceptors (Lipinski definition) is 2. The van der Waals surface area contributed by atoms with Gasteiger partial charge in [-0.15, -0.1) is 0 Å². The second kappa shape index (κ2) is 7.67. The first kappa shape index (κ1) is 16.7. The number of carbonyl (C=O) groups excluding carboxylic acids is 1. The Balaban J connectivity index is 1.65. The second-order valence-corrected chi connectivity index (χ2v) is 6.98. The topological polar surface area (TPSA) is 29.1 Å². The van der Waals surface area contributed by atoms with Crippen LogP contribution in [0, 0.1) is 5.92 Å². The maximum Gasteiger partial charge on any atom is 0.140 e. The Hall–Kier alpha value is -2.71. The predicted molar refractivity (Wildman–Crippen MR) is 105 cm³/mol. The van der Waals surface area contributed by atoms with E-state index in [0.717, 1.165) is 6.42 Å². The van der Waals surface area contributed by atoms with Crippen molar-refractivity contribution >= 4 is 5.78 Å². The van der Waals surface area contributed by atoms with Gasteiger partial charge in [-0.25, -0.2) is 0 Å². The molecule has 3 aromatic carbocycles. The number of carbonyl (C=O) groups is 1. The van der Waals surface area contributed by atoms with Crippen molar-refractivity contribution in [1.29, 1.82) is 0 Å². The summed E-state index contributed by atoms with van der Waals surface area (Å²) in [6.07, 6.45) is 1.32. The fraction of sp³-hybridized carbons (Fsp3) is 0.208. The molecule has 0 aliphatic carbocycles. The average molecular weight is 341 g/mol. The summed E-state index contributed by atoms with van der Waals surface area (Å²) < 4.78 is 0. The summed E-state index contributed by atoms with van der Waals surface area (Å²) in [5, 5.41) is 3.77. The molecule has 0 saturated carbocycles. The molecule has 0 spiro atoms. The van der Waals surface area contributed by atoms with Crippen LogP contribution >= 0.6 is 0 Å². The largest absolute Gasteiger partial charge is 0.302 e. The molecule has 1 N–H and O–H groups in total. The van der Waals surface area contributed by atoms with Gasteiger partial charge in [0.1, 0.15) is 5.78 Å². The summed E-state index contributed by atoms with van der Waals surface area (Å²) in [6, 6.07) is 31.1. The minimum absolute atomic E-state index is 0.0304. The molecule has 1 aliphatic rings. The first-order valence-electron chi connectivity index (χ1n) is 9.24. The maximum atomic E-state index is 13.1. The van der Waals surface area contributed by atoms with E-state index in [2.05, 4.69) is 41.7 Å². The molecule has 0 radical (unpaired) electrons. The molecule has 2 heteroatoms. The van der Waals surface area contributed by atoms with Gasteiger partial charge < -0.3 is 5.32 Å². The normalized spacial score (nSPS) is 22.9. The highest BCUT2D eigenvalue weighted by Gasteiger charge is 2.37. The smallest absolute Gasteiger partial charge is 0.140 e. The summed E-state index contributed by atoms with van der Waals surface area (Å²) in [7, 11) is 0. The Morgan fingerprint density at radius 3 is 1.88 bits per heavy atom. The third-order valence-corrected chi connectivity index (χ3v) is 5.26. The van der Waals surface area contributed by atoms with Gasteiger partial charge in [0.05, 0.1) is 0 Å². The van der Waals surface area contributed by atoms with E-state index in [0.29, 0.717) is 12.2 Å². The van der Waals surface area contributed by atoms with Gasteiger partial charge in [0, 0.05) is 24.4 Å². The van der Waals surface area contributed by atoms with Gasteiger partial charge in [-0.1, -0.05) is 91.0 Å². The zero-order valence-corrected chi connectivity index (χ0v) is 14.7. The van der Waals surface area contributed by atoms with Crippen molar-refractivity contribution < 1.29 is 4.79 Å². The van der Waals surface area contributed by atoms with E-state index in [1.807, 2.05) is 54.6 Å². The van der Waals surface area contributed by atoms with Crippen LogP contribution in [0.4, 0.5) is 0 Å². The first-order chi connectivity index (χ1) is 12.8. The van der Waals surface area contributed by atoms with Crippen molar-refractivity contribution in [2.75, 3.05) is 0 Å². The Morgan fingerprint density at radius 1 is 0.731 bits per heavy atom. The maximum absolute atomic E-state index is 13.1. The van der Waals surface area contributed by atoms with Crippen molar-refractivity contribution in [1.82, 2.24) is 5.32 Å². The molecule has 1 fully saturated rings. The van der Waals surface area contributed by atoms with Crippen molar-refractivity contribution in [2.24, 2.45) is 5.92 Å². The SMILES string of the molecule is O=C1CC(c2ccccc2)NC(c2ccccc2)C1Cc1ccccc1. The van der Waals surface area contributed by atoms with E-state index < -0.39 is 0 Å². The summed E-state index contributed by atoms with van der Waals surface area (Å²) in [5.74, 6) is 0.301. The van der Waals surface area contributed by atoms with Gasteiger partial charge in [0.25, 0.3) is 0 Å². The number of hydrogen-bond donors (Lipinski definition) is 1. The van der Waals surface area contributed by atoms with E-state index in [1.165, 1.54) is 16.7 Å². The molecular weight excluding hydrogens is 318 g/mol. The van der Waals surface area contributed by atoms with Gasteiger partial charge in [-0.3, -0.25) is 4.79 Å². The van der Waals surface area contributed by atoms with Crippen LogP contribution in [0.1, 0.15) is 35.2 Å². The van der Waals surface area contributed by atoms with Crippen molar-refractivity contribution in [3.63, 3.8) is 0 Å². The summed E-state index contributed by atoms with van der Waals surface area (Å²) >= 11 is 0. The fourth-order valence-corrected chi connectivity index (χ4v) is 3.92. The minimum atomic E-state index is -0.0419. The van der Waals surface area contributed by atoms with Crippen LogP contribution in [0.25, 0.3) is 0 Å². The quantitative estimate of drug-likeness (QED) is 0.732. The van der Waals surface area contributed by atoms with Crippen LogP contribution in [-0.2, 0) is 11.2 Å². The van der Waals surface area contributed by atoms with Gasteiger partial charge in [-0.2, -0.15) is 0 Å². The second-order valence-electron chi connectivity index (χ2n) is 6.98. The highest BCUT2D eigenvalue weighted by molar-refractivity contribution is 5.84. The molecule has 3 aromatic rings. The molecule has 2 nitrogen and oxygen atoms in total. The average Bonchev–Trinajstić information content (AvgIpc) is 2.71. The molecule has 3 atom stereocenters. The van der Waals surface area contributed by atoms with Gasteiger partial charge in [0.2, 0.25) is 0 Å². The third kappa shape index (κ3) is 3.61. The molecule has 1 aliphatic heterocycles. The van der Waals surface area contributed by atoms with Gasteiger partial charge in [-0.05, 0) is 23.1 Å². The van der Waals surface area contributed by atoms with Gasteiger partial charge in [0.15, 0.2) is 0 Å². The molecule has 3 unspecified atom stereocenters. The van der Waals surface area contributed by atoms with Crippen LogP contribution in [0.3, 0.4) is 0 Å². The molecule has 1 saturated heterocycles. The standard InChI is InChI=1S/C24H23NO/c26-23-17-22(19-12-6-2-7-13-19)25-24(20-14-8-3-9-15-20)21(23)16-18-10-4-1-5-11-18/h1-15,21-22,24-25H,16-17H2. The lowest BCUT2D eigenvalue weighted by atomic mass is 9.78. The highest BCUT2D eigenvalue weighted by atomic mass is 16.1. The Kier molecular flexibility index (Phi) is 4.94. The first-order valence-corrected chi connectivity index (χ1v) is 9.24. The van der Waals surface area contributed by atoms with Crippen LogP contribution in [0.5, 0.6) is 0 Å². The van der Waals surface area contributed by atoms with E-state index in [-0.39, 0.29) is 18.0 Å². The number of Topliss-reactive ketones (excluding diaryl/α,β-unsaturated/α-hetero) is 1.